The number of aromatic nitrogens is 2. The van der Waals surface area contributed by atoms with Crippen LogP contribution in [0.25, 0.3) is 0 Å². The molecule has 28 heavy (non-hydrogen) atoms. The molecule has 0 aliphatic heterocycles. The summed E-state index contributed by atoms with van der Waals surface area (Å²) in [5, 5.41) is 10.4. The number of hydrogen-bond donors (Lipinski definition) is 1. The van der Waals surface area contributed by atoms with E-state index in [1.165, 1.54) is 29.8 Å². The van der Waals surface area contributed by atoms with E-state index in [-0.39, 0.29) is 16.7 Å². The standard InChI is InChI=1S/C20H21N3O4S/c1-4-28(25,26)17-9-7-15(8-10-17)19(24)21-20-23-22-18(27-20)12-16-6-5-13(2)11-14(16)3/h5-11H,4,12H2,1-3H3,(H,21,23,24). The predicted molar refractivity (Wildman–Crippen MR) is 105 cm³/mol. The highest BCUT2D eigenvalue weighted by Crippen LogP contribution is 2.17. The number of benzene rings is 2. The average molecular weight is 399 g/mol. The van der Waals surface area contributed by atoms with Crippen molar-refractivity contribution in [1.82, 2.24) is 10.2 Å². The highest BCUT2D eigenvalue weighted by atomic mass is 32.2. The molecule has 0 saturated carbocycles. The van der Waals surface area contributed by atoms with Gasteiger partial charge in [-0.1, -0.05) is 35.8 Å². The van der Waals surface area contributed by atoms with Crippen molar-refractivity contribution in [1.29, 1.82) is 0 Å². The molecule has 1 heterocycles. The Balaban J connectivity index is 1.68. The Morgan fingerprint density at radius 1 is 1.07 bits per heavy atom. The van der Waals surface area contributed by atoms with Crippen molar-refractivity contribution in [2.45, 2.75) is 32.1 Å². The monoisotopic (exact) mass is 399 g/mol. The molecular formula is C20H21N3O4S. The van der Waals surface area contributed by atoms with E-state index in [4.69, 9.17) is 4.42 Å². The fourth-order valence-corrected chi connectivity index (χ4v) is 3.62. The molecule has 2 aromatic carbocycles. The number of carbonyl (C=O) groups excluding carboxylic acids is 1. The van der Waals surface area contributed by atoms with Crippen molar-refractivity contribution < 1.29 is 17.6 Å². The summed E-state index contributed by atoms with van der Waals surface area (Å²) in [7, 11) is -3.30. The Hall–Kier alpha value is -3.00. The van der Waals surface area contributed by atoms with Crippen LogP contribution in [0.3, 0.4) is 0 Å². The summed E-state index contributed by atoms with van der Waals surface area (Å²) >= 11 is 0. The Labute approximate surface area is 163 Å². The van der Waals surface area contributed by atoms with Gasteiger partial charge in [-0.25, -0.2) is 8.42 Å². The van der Waals surface area contributed by atoms with Gasteiger partial charge in [0.25, 0.3) is 5.91 Å². The molecule has 7 nitrogen and oxygen atoms in total. The second-order valence-corrected chi connectivity index (χ2v) is 8.77. The van der Waals surface area contributed by atoms with Crippen LogP contribution in [0, 0.1) is 13.8 Å². The van der Waals surface area contributed by atoms with Crippen LogP contribution in [0.4, 0.5) is 6.01 Å². The minimum absolute atomic E-state index is 0.00373. The lowest BCUT2D eigenvalue weighted by atomic mass is 10.0. The number of anilines is 1. The van der Waals surface area contributed by atoms with Gasteiger partial charge < -0.3 is 4.42 Å². The fraction of sp³-hybridized carbons (Fsp3) is 0.250. The van der Waals surface area contributed by atoms with Crippen molar-refractivity contribution in [2.24, 2.45) is 0 Å². The van der Waals surface area contributed by atoms with Crippen LogP contribution in [0.2, 0.25) is 0 Å². The second-order valence-electron chi connectivity index (χ2n) is 6.49. The van der Waals surface area contributed by atoms with Gasteiger partial charge in [0.15, 0.2) is 9.84 Å². The van der Waals surface area contributed by atoms with Gasteiger partial charge >= 0.3 is 6.01 Å². The molecule has 1 N–H and O–H groups in total. The largest absolute Gasteiger partial charge is 0.407 e. The van der Waals surface area contributed by atoms with E-state index in [2.05, 4.69) is 21.6 Å². The summed E-state index contributed by atoms with van der Waals surface area (Å²) in [6, 6.07) is 11.8. The van der Waals surface area contributed by atoms with E-state index in [9.17, 15) is 13.2 Å². The first-order chi connectivity index (χ1) is 13.3. The molecule has 8 heteroatoms. The van der Waals surface area contributed by atoms with Crippen LogP contribution < -0.4 is 5.32 Å². The number of hydrogen-bond acceptors (Lipinski definition) is 6. The number of rotatable bonds is 6. The summed E-state index contributed by atoms with van der Waals surface area (Å²) in [6.45, 7) is 5.62. The van der Waals surface area contributed by atoms with Gasteiger partial charge in [0, 0.05) is 5.56 Å². The van der Waals surface area contributed by atoms with Crippen molar-refractivity contribution in [3.63, 3.8) is 0 Å². The summed E-state index contributed by atoms with van der Waals surface area (Å²) in [5.74, 6) is -0.0576. The van der Waals surface area contributed by atoms with Crippen molar-refractivity contribution in [3.05, 3.63) is 70.6 Å². The van der Waals surface area contributed by atoms with Gasteiger partial charge in [0.1, 0.15) is 0 Å². The van der Waals surface area contributed by atoms with Crippen LogP contribution in [-0.4, -0.2) is 30.3 Å². The number of aryl methyl sites for hydroxylation is 2. The minimum atomic E-state index is -3.30. The summed E-state index contributed by atoms with van der Waals surface area (Å²) in [4.78, 5) is 12.5. The molecule has 3 aromatic rings. The molecule has 1 aromatic heterocycles. The van der Waals surface area contributed by atoms with Crippen molar-refractivity contribution in [2.75, 3.05) is 11.1 Å². The maximum atomic E-state index is 12.3. The molecule has 1 amide bonds. The Morgan fingerprint density at radius 3 is 2.43 bits per heavy atom. The number of amides is 1. The van der Waals surface area contributed by atoms with E-state index >= 15 is 0 Å². The maximum Gasteiger partial charge on any atom is 0.322 e. The molecular weight excluding hydrogens is 378 g/mol. The molecule has 3 rings (SSSR count). The summed E-state index contributed by atoms with van der Waals surface area (Å²) in [6.07, 6.45) is 0.471. The van der Waals surface area contributed by atoms with Gasteiger partial charge in [0.2, 0.25) is 5.89 Å². The van der Waals surface area contributed by atoms with Crippen molar-refractivity contribution >= 4 is 21.8 Å². The van der Waals surface area contributed by atoms with Crippen LogP contribution in [-0.2, 0) is 16.3 Å². The Bertz CT molecular complexity index is 1100. The second kappa shape index (κ2) is 7.93. The average Bonchev–Trinajstić information content (AvgIpc) is 3.11. The van der Waals surface area contributed by atoms with Crippen LogP contribution in [0.5, 0.6) is 0 Å². The molecule has 0 aliphatic carbocycles. The van der Waals surface area contributed by atoms with Crippen molar-refractivity contribution in [3.8, 4) is 0 Å². The first-order valence-corrected chi connectivity index (χ1v) is 10.5. The van der Waals surface area contributed by atoms with E-state index in [1.807, 2.05) is 26.0 Å². The molecule has 0 aliphatic rings. The van der Waals surface area contributed by atoms with Gasteiger partial charge in [-0.15, -0.1) is 5.10 Å². The molecule has 0 spiro atoms. The smallest absolute Gasteiger partial charge is 0.322 e. The lowest BCUT2D eigenvalue weighted by Gasteiger charge is -2.04. The van der Waals surface area contributed by atoms with E-state index in [0.717, 1.165) is 11.1 Å². The Kier molecular flexibility index (Phi) is 5.60. The van der Waals surface area contributed by atoms with E-state index in [0.29, 0.717) is 17.9 Å². The number of sulfone groups is 1. The van der Waals surface area contributed by atoms with Gasteiger partial charge in [-0.2, -0.15) is 0 Å². The number of nitrogens with one attached hydrogen (secondary N) is 1. The number of carbonyl (C=O) groups is 1. The molecule has 146 valence electrons. The first-order valence-electron chi connectivity index (χ1n) is 8.81. The molecule has 0 atom stereocenters. The highest BCUT2D eigenvalue weighted by Gasteiger charge is 2.15. The Morgan fingerprint density at radius 2 is 1.79 bits per heavy atom. The predicted octanol–water partition coefficient (Wildman–Crippen LogP) is 3.32. The van der Waals surface area contributed by atoms with Gasteiger partial charge in [0.05, 0.1) is 17.1 Å². The third kappa shape index (κ3) is 4.45. The third-order valence-corrected chi connectivity index (χ3v) is 6.13. The quantitative estimate of drug-likeness (QED) is 0.682. The molecule has 0 saturated heterocycles. The third-order valence-electron chi connectivity index (χ3n) is 4.38. The van der Waals surface area contributed by atoms with Crippen LogP contribution >= 0.6 is 0 Å². The molecule has 0 radical (unpaired) electrons. The van der Waals surface area contributed by atoms with Gasteiger partial charge in [-0.3, -0.25) is 10.1 Å². The zero-order valence-electron chi connectivity index (χ0n) is 15.9. The number of nitrogens with zero attached hydrogens (tertiary/aromatic N) is 2. The van der Waals surface area contributed by atoms with Crippen LogP contribution in [0.15, 0.2) is 51.8 Å². The minimum Gasteiger partial charge on any atom is -0.407 e. The lowest BCUT2D eigenvalue weighted by Crippen LogP contribution is -2.12. The lowest BCUT2D eigenvalue weighted by molar-refractivity contribution is 0.102. The van der Waals surface area contributed by atoms with E-state index in [1.54, 1.807) is 6.92 Å². The highest BCUT2D eigenvalue weighted by molar-refractivity contribution is 7.91. The van der Waals surface area contributed by atoms with Crippen LogP contribution in [0.1, 0.15) is 39.9 Å². The maximum absolute atomic E-state index is 12.3. The normalized spacial score (nSPS) is 11.4. The summed E-state index contributed by atoms with van der Waals surface area (Å²) in [5.41, 5.74) is 3.67. The molecule has 0 unspecified atom stereocenters. The molecule has 0 bridgehead atoms. The zero-order chi connectivity index (χ0) is 20.3. The topological polar surface area (TPSA) is 102 Å². The zero-order valence-corrected chi connectivity index (χ0v) is 16.7. The summed E-state index contributed by atoms with van der Waals surface area (Å²) < 4.78 is 29.2. The van der Waals surface area contributed by atoms with E-state index < -0.39 is 15.7 Å². The first kappa shape index (κ1) is 19.8. The molecule has 0 fully saturated rings. The SMILES string of the molecule is CCS(=O)(=O)c1ccc(C(=O)Nc2nnc(Cc3ccc(C)cc3C)o2)cc1. The van der Waals surface area contributed by atoms with Gasteiger partial charge in [-0.05, 0) is 49.2 Å². The fourth-order valence-electron chi connectivity index (χ4n) is 2.73.